The molecule has 0 aliphatic heterocycles. The summed E-state index contributed by atoms with van der Waals surface area (Å²) < 4.78 is 18.9. The second-order valence-corrected chi connectivity index (χ2v) is 5.83. The van der Waals surface area contributed by atoms with E-state index < -0.39 is 0 Å². The number of aromatic nitrogens is 1. The van der Waals surface area contributed by atoms with Gasteiger partial charge in [-0.3, -0.25) is 0 Å². The van der Waals surface area contributed by atoms with E-state index in [1.165, 1.54) is 21.8 Å². The van der Waals surface area contributed by atoms with Crippen LogP contribution >= 0.6 is 0 Å². The van der Waals surface area contributed by atoms with Gasteiger partial charge in [-0.05, 0) is 24.6 Å². The lowest BCUT2D eigenvalue weighted by Gasteiger charge is -2.08. The second kappa shape index (κ2) is 8.18. The van der Waals surface area contributed by atoms with E-state index in [0.717, 1.165) is 18.8 Å². The highest BCUT2D eigenvalue weighted by atomic mass is 16.5. The van der Waals surface area contributed by atoms with Crippen molar-refractivity contribution in [3.8, 4) is 5.75 Å². The summed E-state index contributed by atoms with van der Waals surface area (Å²) in [5, 5.41) is 2.53. The smallest absolute Gasteiger partial charge is 0.121 e. The highest BCUT2D eigenvalue weighted by Crippen LogP contribution is 2.30. The summed E-state index contributed by atoms with van der Waals surface area (Å²) in [5.74, 6) is 0.874. The zero-order valence-corrected chi connectivity index (χ0v) is 14.5. The number of hydrogen-bond donors (Lipinski definition) is 0. The van der Waals surface area contributed by atoms with E-state index in [1.54, 1.807) is 0 Å². The van der Waals surface area contributed by atoms with E-state index in [-0.39, 0.29) is 0 Å². The third-order valence-corrected chi connectivity index (χ3v) is 4.10. The van der Waals surface area contributed by atoms with Crippen molar-refractivity contribution in [2.24, 2.45) is 7.05 Å². The van der Waals surface area contributed by atoms with Gasteiger partial charge in [-0.25, -0.2) is 0 Å². The Bertz CT molecular complexity index is 794. The molecule has 0 aliphatic carbocycles. The van der Waals surface area contributed by atoms with Crippen LogP contribution in [0.1, 0.15) is 13.3 Å². The molecule has 0 bridgehead atoms. The van der Waals surface area contributed by atoms with E-state index >= 15 is 0 Å². The first kappa shape index (κ1) is 16.8. The van der Waals surface area contributed by atoms with E-state index in [2.05, 4.69) is 54.9 Å². The molecule has 0 N–H and O–H groups in total. The number of hydrogen-bond acceptors (Lipinski definition) is 3. The van der Waals surface area contributed by atoms with E-state index in [9.17, 15) is 0 Å². The summed E-state index contributed by atoms with van der Waals surface area (Å²) in [5.41, 5.74) is 2.42. The van der Waals surface area contributed by atoms with Crippen molar-refractivity contribution in [3.63, 3.8) is 0 Å². The maximum atomic E-state index is 5.81. The van der Waals surface area contributed by atoms with Gasteiger partial charge < -0.3 is 18.8 Å². The SMILES string of the molecule is CCCOCCOCCOc1ccc2c3ccccc3n(C)c2c1. The van der Waals surface area contributed by atoms with Crippen LogP contribution in [0.5, 0.6) is 5.75 Å². The maximum Gasteiger partial charge on any atom is 0.121 e. The molecule has 0 fully saturated rings. The largest absolute Gasteiger partial charge is 0.491 e. The van der Waals surface area contributed by atoms with Crippen LogP contribution in [0.15, 0.2) is 42.5 Å². The summed E-state index contributed by atoms with van der Waals surface area (Å²) in [6.07, 6.45) is 1.04. The Labute approximate surface area is 142 Å². The molecule has 0 atom stereocenters. The first-order chi connectivity index (χ1) is 11.8. The molecule has 0 saturated heterocycles. The fourth-order valence-electron chi connectivity index (χ4n) is 2.91. The van der Waals surface area contributed by atoms with E-state index in [0.29, 0.717) is 26.4 Å². The lowest BCUT2D eigenvalue weighted by Crippen LogP contribution is -2.11. The zero-order chi connectivity index (χ0) is 16.8. The molecule has 1 aromatic heterocycles. The molecule has 4 heteroatoms. The van der Waals surface area contributed by atoms with Crippen molar-refractivity contribution < 1.29 is 14.2 Å². The minimum atomic E-state index is 0.545. The van der Waals surface area contributed by atoms with Crippen LogP contribution in [0.4, 0.5) is 0 Å². The predicted molar refractivity (Wildman–Crippen MR) is 97.8 cm³/mol. The monoisotopic (exact) mass is 327 g/mol. The predicted octanol–water partition coefficient (Wildman–Crippen LogP) is 4.15. The summed E-state index contributed by atoms with van der Waals surface area (Å²) >= 11 is 0. The molecule has 24 heavy (non-hydrogen) atoms. The molecule has 3 rings (SSSR count). The fourth-order valence-corrected chi connectivity index (χ4v) is 2.91. The number of para-hydroxylation sites is 1. The lowest BCUT2D eigenvalue weighted by molar-refractivity contribution is 0.0366. The van der Waals surface area contributed by atoms with Gasteiger partial charge in [-0.15, -0.1) is 0 Å². The number of fused-ring (bicyclic) bond motifs is 3. The highest BCUT2D eigenvalue weighted by molar-refractivity contribution is 6.08. The Balaban J connectivity index is 1.56. The summed E-state index contributed by atoms with van der Waals surface area (Å²) in [6, 6.07) is 14.7. The standard InChI is InChI=1S/C20H25NO3/c1-3-10-22-11-12-23-13-14-24-16-8-9-18-17-6-4-5-7-19(17)21(2)20(18)15-16/h4-9,15H,3,10-14H2,1-2H3. The fraction of sp³-hybridized carbons (Fsp3) is 0.400. The molecule has 4 nitrogen and oxygen atoms in total. The molecule has 1 heterocycles. The second-order valence-electron chi connectivity index (χ2n) is 5.83. The van der Waals surface area contributed by atoms with Crippen LogP contribution in [0.2, 0.25) is 0 Å². The van der Waals surface area contributed by atoms with Gasteiger partial charge >= 0.3 is 0 Å². The number of ether oxygens (including phenoxy) is 3. The molecular weight excluding hydrogens is 302 g/mol. The van der Waals surface area contributed by atoms with Gasteiger partial charge in [0.15, 0.2) is 0 Å². The first-order valence-corrected chi connectivity index (χ1v) is 8.56. The average Bonchev–Trinajstić information content (AvgIpc) is 2.90. The van der Waals surface area contributed by atoms with Gasteiger partial charge in [-0.2, -0.15) is 0 Å². The molecule has 3 aromatic rings. The minimum Gasteiger partial charge on any atom is -0.491 e. The minimum absolute atomic E-state index is 0.545. The molecule has 2 aromatic carbocycles. The maximum absolute atomic E-state index is 5.81. The Morgan fingerprint density at radius 1 is 0.792 bits per heavy atom. The van der Waals surface area contributed by atoms with E-state index in [1.807, 2.05) is 6.07 Å². The van der Waals surface area contributed by atoms with Gasteiger partial charge in [0.25, 0.3) is 0 Å². The quantitative estimate of drug-likeness (QED) is 0.553. The Hall–Kier alpha value is -2.04. The Kier molecular flexibility index (Phi) is 5.72. The summed E-state index contributed by atoms with van der Waals surface area (Å²) in [4.78, 5) is 0. The third kappa shape index (κ3) is 3.71. The van der Waals surface area contributed by atoms with Crippen molar-refractivity contribution >= 4 is 21.8 Å². The Morgan fingerprint density at radius 3 is 2.33 bits per heavy atom. The topological polar surface area (TPSA) is 32.6 Å². The van der Waals surface area contributed by atoms with Crippen LogP contribution in [-0.4, -0.2) is 37.6 Å². The van der Waals surface area contributed by atoms with Crippen molar-refractivity contribution in [2.45, 2.75) is 13.3 Å². The molecule has 0 spiro atoms. The highest BCUT2D eigenvalue weighted by Gasteiger charge is 2.08. The van der Waals surface area contributed by atoms with Crippen molar-refractivity contribution in [2.75, 3.05) is 33.0 Å². The molecule has 0 saturated carbocycles. The molecular formula is C20H25NO3. The number of rotatable bonds is 9. The molecule has 0 aliphatic rings. The Morgan fingerprint density at radius 2 is 1.50 bits per heavy atom. The number of aryl methyl sites for hydroxylation is 1. The lowest BCUT2D eigenvalue weighted by atomic mass is 10.1. The molecule has 128 valence electrons. The van der Waals surface area contributed by atoms with Gasteiger partial charge in [0.1, 0.15) is 12.4 Å². The van der Waals surface area contributed by atoms with Crippen LogP contribution in [0.3, 0.4) is 0 Å². The van der Waals surface area contributed by atoms with Crippen LogP contribution < -0.4 is 4.74 Å². The molecule has 0 radical (unpaired) electrons. The number of nitrogens with zero attached hydrogens (tertiary/aromatic N) is 1. The molecule has 0 unspecified atom stereocenters. The van der Waals surface area contributed by atoms with Gasteiger partial charge in [0.05, 0.1) is 25.3 Å². The summed E-state index contributed by atoms with van der Waals surface area (Å²) in [6.45, 7) is 5.28. The van der Waals surface area contributed by atoms with E-state index in [4.69, 9.17) is 14.2 Å². The molecule has 0 amide bonds. The average molecular weight is 327 g/mol. The van der Waals surface area contributed by atoms with Gasteiger partial charge in [0.2, 0.25) is 0 Å². The van der Waals surface area contributed by atoms with Crippen molar-refractivity contribution in [1.82, 2.24) is 4.57 Å². The summed E-state index contributed by atoms with van der Waals surface area (Å²) in [7, 11) is 2.09. The number of benzene rings is 2. The first-order valence-electron chi connectivity index (χ1n) is 8.56. The van der Waals surface area contributed by atoms with Gasteiger partial charge in [-0.1, -0.05) is 25.1 Å². The zero-order valence-electron chi connectivity index (χ0n) is 14.5. The van der Waals surface area contributed by atoms with Crippen LogP contribution in [0.25, 0.3) is 21.8 Å². The van der Waals surface area contributed by atoms with Crippen molar-refractivity contribution in [3.05, 3.63) is 42.5 Å². The van der Waals surface area contributed by atoms with Crippen LogP contribution in [-0.2, 0) is 16.5 Å². The van der Waals surface area contributed by atoms with Crippen molar-refractivity contribution in [1.29, 1.82) is 0 Å². The van der Waals surface area contributed by atoms with Gasteiger partial charge in [0, 0.05) is 36.0 Å². The third-order valence-electron chi connectivity index (χ3n) is 4.10. The normalized spacial score (nSPS) is 11.4. The van der Waals surface area contributed by atoms with Crippen LogP contribution in [0, 0.1) is 0 Å².